The average Bonchev–Trinajstić information content (AvgIpc) is 0.838. The van der Waals surface area contributed by atoms with Crippen LogP contribution in [0, 0.1) is 138 Å². The predicted octanol–water partition coefficient (Wildman–Crippen LogP) is 36.0. The van der Waals surface area contributed by atoms with Crippen molar-refractivity contribution in [2.75, 3.05) is 0 Å². The standard InChI is InChI=1S/5C12H12.5C7H9N.10C2H6/c1-9-3-5-12-8-10(2)4-6-11(12)7-9;1-9-3-5-11-6-4-10(2)8-12(11)7-9;1-9-5-3-7-11-8-4-6-10(2)12(9)11;1-9-6-7-11-5-3-4-10(2)12(11)8-9;1-9-7-11-5-3-4-6-12(11)8-10(9)2;1-6-3-7(2)5-8-4-6;1-6-3-4-8-7(2)5-6;1-6-3-4-7(2)8-5-6;1-6-4-3-5-8-7(6)2;1-6-4-3-5-7(2)8-6;10*1-2/h5*3-8H,1-2H3;5*3-5H,1-2H3;10*1-2H3. The zero-order valence-electron chi connectivity index (χ0n) is 83.2. The van der Waals surface area contributed by atoms with E-state index >= 15 is 0 Å². The van der Waals surface area contributed by atoms with E-state index in [1.54, 1.807) is 0 Å². The molecule has 0 aliphatic rings. The first kappa shape index (κ1) is 118. The number of pyridine rings is 5. The molecule has 0 spiro atoms. The van der Waals surface area contributed by atoms with Crippen molar-refractivity contribution in [3.63, 3.8) is 0 Å². The summed E-state index contributed by atoms with van der Waals surface area (Å²) in [7, 11) is 0. The maximum Gasteiger partial charge on any atom is 0.0401 e. The van der Waals surface area contributed by atoms with Gasteiger partial charge in [0.1, 0.15) is 0 Å². The smallest absolute Gasteiger partial charge is 0.0401 e. The molecule has 120 heavy (non-hydrogen) atoms. The summed E-state index contributed by atoms with van der Waals surface area (Å²) < 4.78 is 0. The Bertz CT molecular complexity index is 4660. The van der Waals surface area contributed by atoms with E-state index in [1.807, 2.05) is 261 Å². The molecule has 0 fully saturated rings. The lowest BCUT2D eigenvalue weighted by atomic mass is 10.0. The quantitative estimate of drug-likeness (QED) is 0.151. The summed E-state index contributed by atoms with van der Waals surface area (Å²) >= 11 is 0. The molecule has 5 heterocycles. The van der Waals surface area contributed by atoms with Crippen LogP contribution in [0.5, 0.6) is 0 Å². The zero-order chi connectivity index (χ0) is 92.7. The van der Waals surface area contributed by atoms with Gasteiger partial charge in [0.05, 0.1) is 0 Å². The van der Waals surface area contributed by atoms with Crippen molar-refractivity contribution in [1.82, 2.24) is 24.9 Å². The average molecular weight is 1620 g/mol. The molecule has 10 aromatic carbocycles. The van der Waals surface area contributed by atoms with E-state index in [0.29, 0.717) is 0 Å². The van der Waals surface area contributed by atoms with Gasteiger partial charge in [-0.15, -0.1) is 0 Å². The molecule has 0 unspecified atom stereocenters. The molecule has 0 aliphatic carbocycles. The third-order valence-corrected chi connectivity index (χ3v) is 16.7. The number of nitrogens with zero attached hydrogens (tertiary/aromatic N) is 5. The van der Waals surface area contributed by atoms with Crippen molar-refractivity contribution >= 4 is 53.9 Å². The lowest BCUT2D eigenvalue weighted by molar-refractivity contribution is 1.12. The number of hydrogen-bond acceptors (Lipinski definition) is 5. The van der Waals surface area contributed by atoms with Crippen molar-refractivity contribution in [2.24, 2.45) is 0 Å². The summed E-state index contributed by atoms with van der Waals surface area (Å²) in [5, 5.41) is 13.5. The van der Waals surface area contributed by atoms with Crippen molar-refractivity contribution < 1.29 is 0 Å². The van der Waals surface area contributed by atoms with Gasteiger partial charge in [-0.3, -0.25) is 24.9 Å². The summed E-state index contributed by atoms with van der Waals surface area (Å²) in [6.07, 6.45) is 9.21. The largest absolute Gasteiger partial charge is 0.264 e. The van der Waals surface area contributed by atoms with E-state index in [9.17, 15) is 0 Å². The van der Waals surface area contributed by atoms with Crippen LogP contribution in [-0.4, -0.2) is 24.9 Å². The third-order valence-electron chi connectivity index (χ3n) is 16.7. The van der Waals surface area contributed by atoms with E-state index in [2.05, 4.69) is 314 Å². The fraction of sp³-hybridized carbons (Fsp3) is 0.348. The molecule has 0 bridgehead atoms. The van der Waals surface area contributed by atoms with E-state index in [1.165, 1.54) is 137 Å². The third kappa shape index (κ3) is 50.9. The summed E-state index contributed by atoms with van der Waals surface area (Å²) in [6.45, 7) is 81.6. The minimum absolute atomic E-state index is 1.08. The van der Waals surface area contributed by atoms with Crippen LogP contribution >= 0.6 is 0 Å². The van der Waals surface area contributed by atoms with Gasteiger partial charge in [0.25, 0.3) is 0 Å². The number of aryl methyl sites for hydroxylation is 20. The number of fused-ring (bicyclic) bond motifs is 5. The summed E-state index contributed by atoms with van der Waals surface area (Å²) in [5.74, 6) is 0. The molecule has 0 aliphatic heterocycles. The van der Waals surface area contributed by atoms with Crippen LogP contribution in [0.2, 0.25) is 0 Å². The number of benzene rings is 10. The first-order chi connectivity index (χ1) is 57.8. The van der Waals surface area contributed by atoms with Crippen LogP contribution < -0.4 is 0 Å². The molecule has 0 N–H and O–H groups in total. The first-order valence-corrected chi connectivity index (χ1v) is 44.6. The van der Waals surface area contributed by atoms with Gasteiger partial charge in [0, 0.05) is 59.5 Å². The van der Waals surface area contributed by atoms with Gasteiger partial charge in [-0.2, -0.15) is 0 Å². The Balaban J connectivity index is -0.000000400. The molecule has 15 rings (SSSR count). The molecule has 0 saturated carbocycles. The lowest BCUT2D eigenvalue weighted by Crippen LogP contribution is -1.81. The Labute approximate surface area is 736 Å². The van der Waals surface area contributed by atoms with Crippen molar-refractivity contribution in [1.29, 1.82) is 0 Å². The van der Waals surface area contributed by atoms with Crippen molar-refractivity contribution in [3.8, 4) is 0 Å². The molecular formula is C115H165N5. The second-order valence-corrected chi connectivity index (χ2v) is 26.4. The molecule has 5 heteroatoms. The molecule has 5 nitrogen and oxygen atoms in total. The molecule has 0 saturated heterocycles. The highest BCUT2D eigenvalue weighted by atomic mass is 14.7. The SMILES string of the molecule is CC.CC.CC.CC.CC.CC.CC.CC.CC.CC.Cc1cc2ccccc2cc1C.Cc1ccc(C)nc1.Cc1ccc2cc(C)ccc2c1.Cc1ccc2ccc(C)cc2c1.Cc1ccc2cccc(C)c2c1.Cc1cccc(C)n1.Cc1cccc2cccc(C)c12.Cc1cccnc1C.Cc1ccnc(C)c1.Cc1cncc(C)c1. The molecule has 0 radical (unpaired) electrons. The highest BCUT2D eigenvalue weighted by molar-refractivity contribution is 5.89. The summed E-state index contributed by atoms with van der Waals surface area (Å²) in [4.78, 5) is 20.4. The Morgan fingerprint density at radius 2 is 0.525 bits per heavy atom. The molecular weight excluding hydrogens is 1450 g/mol. The fourth-order valence-corrected chi connectivity index (χ4v) is 10.9. The Hall–Kier alpha value is -10.8. The minimum Gasteiger partial charge on any atom is -0.264 e. The maximum atomic E-state index is 4.17. The van der Waals surface area contributed by atoms with Gasteiger partial charge in [-0.05, 0) is 284 Å². The molecule has 0 atom stereocenters. The second-order valence-electron chi connectivity index (χ2n) is 26.4. The van der Waals surface area contributed by atoms with Gasteiger partial charge in [-0.1, -0.05) is 373 Å². The molecule has 0 amide bonds. The zero-order valence-corrected chi connectivity index (χ0v) is 83.2. The van der Waals surface area contributed by atoms with Gasteiger partial charge in [0.2, 0.25) is 0 Å². The molecule has 650 valence electrons. The number of hydrogen-bond donors (Lipinski definition) is 0. The minimum atomic E-state index is 1.08. The van der Waals surface area contributed by atoms with Gasteiger partial charge >= 0.3 is 0 Å². The normalized spacial score (nSPS) is 8.83. The van der Waals surface area contributed by atoms with Crippen molar-refractivity contribution in [2.45, 2.75) is 277 Å². The van der Waals surface area contributed by atoms with Crippen LogP contribution in [0.3, 0.4) is 0 Å². The predicted molar refractivity (Wildman–Crippen MR) is 549 cm³/mol. The Kier molecular flexibility index (Phi) is 73.2. The summed E-state index contributed by atoms with van der Waals surface area (Å²) in [6, 6.07) is 85.2. The topological polar surface area (TPSA) is 64.5 Å². The highest BCUT2D eigenvalue weighted by Gasteiger charge is 2.01. The van der Waals surface area contributed by atoms with E-state index < -0.39 is 0 Å². The number of aromatic nitrogens is 5. The lowest BCUT2D eigenvalue weighted by Gasteiger charge is -2.04. The van der Waals surface area contributed by atoms with Crippen LogP contribution in [0.1, 0.15) is 250 Å². The summed E-state index contributed by atoms with van der Waals surface area (Å²) in [5.41, 5.74) is 25.1. The van der Waals surface area contributed by atoms with Crippen LogP contribution in [-0.2, 0) is 0 Å². The van der Waals surface area contributed by atoms with Gasteiger partial charge in [0.15, 0.2) is 0 Å². The fourth-order valence-electron chi connectivity index (χ4n) is 10.9. The Morgan fingerprint density at radius 1 is 0.175 bits per heavy atom. The first-order valence-electron chi connectivity index (χ1n) is 44.6. The van der Waals surface area contributed by atoms with Gasteiger partial charge in [-0.25, -0.2) is 0 Å². The van der Waals surface area contributed by atoms with Crippen molar-refractivity contribution in [3.05, 3.63) is 386 Å². The van der Waals surface area contributed by atoms with Crippen LogP contribution in [0.15, 0.2) is 274 Å². The van der Waals surface area contributed by atoms with Crippen LogP contribution in [0.4, 0.5) is 0 Å². The van der Waals surface area contributed by atoms with E-state index in [-0.39, 0.29) is 0 Å². The van der Waals surface area contributed by atoms with E-state index in [4.69, 9.17) is 0 Å². The maximum absolute atomic E-state index is 4.17. The number of rotatable bonds is 0. The monoisotopic (exact) mass is 1620 g/mol. The van der Waals surface area contributed by atoms with E-state index in [0.717, 1.165) is 28.5 Å². The van der Waals surface area contributed by atoms with Gasteiger partial charge < -0.3 is 0 Å². The molecule has 15 aromatic rings. The molecule has 5 aromatic heterocycles. The highest BCUT2D eigenvalue weighted by Crippen LogP contribution is 2.24. The second kappa shape index (κ2) is 74.5. The Morgan fingerprint density at radius 3 is 0.858 bits per heavy atom. The van der Waals surface area contributed by atoms with Crippen LogP contribution in [0.25, 0.3) is 53.9 Å².